The van der Waals surface area contributed by atoms with Gasteiger partial charge in [-0.15, -0.1) is 0 Å². The van der Waals surface area contributed by atoms with Crippen molar-refractivity contribution in [3.8, 4) is 0 Å². The summed E-state index contributed by atoms with van der Waals surface area (Å²) >= 11 is 0. The van der Waals surface area contributed by atoms with Crippen LogP contribution in [0.1, 0.15) is 17.5 Å². The summed E-state index contributed by atoms with van der Waals surface area (Å²) in [7, 11) is 0. The maximum atomic E-state index is 13.2. The number of hydrogen-bond donors (Lipinski definition) is 1. The zero-order chi connectivity index (χ0) is 10.1. The average molecular weight is 192 g/mol. The molecule has 0 aliphatic heterocycles. The fourth-order valence-electron chi connectivity index (χ4n) is 1.66. The van der Waals surface area contributed by atoms with Gasteiger partial charge in [-0.25, -0.2) is 9.18 Å². The number of carbonyl (C=O) groups is 1. The first-order valence-corrected chi connectivity index (χ1v) is 4.40. The van der Waals surface area contributed by atoms with Crippen LogP contribution in [0.15, 0.2) is 23.8 Å². The van der Waals surface area contributed by atoms with Crippen molar-refractivity contribution in [1.29, 1.82) is 0 Å². The highest BCUT2D eigenvalue weighted by atomic mass is 19.1. The Hall–Kier alpha value is -1.64. The van der Waals surface area contributed by atoms with Gasteiger partial charge in [0.25, 0.3) is 0 Å². The zero-order valence-electron chi connectivity index (χ0n) is 7.46. The molecule has 72 valence electrons. The lowest BCUT2D eigenvalue weighted by Gasteiger charge is -2.14. The highest BCUT2D eigenvalue weighted by molar-refractivity contribution is 5.93. The van der Waals surface area contributed by atoms with Gasteiger partial charge >= 0.3 is 5.97 Å². The van der Waals surface area contributed by atoms with Gasteiger partial charge in [0.15, 0.2) is 0 Å². The van der Waals surface area contributed by atoms with Crippen LogP contribution < -0.4 is 0 Å². The number of carboxylic acids is 1. The van der Waals surface area contributed by atoms with Gasteiger partial charge in [0.05, 0.1) is 0 Å². The summed E-state index contributed by atoms with van der Waals surface area (Å²) in [4.78, 5) is 10.7. The van der Waals surface area contributed by atoms with Crippen molar-refractivity contribution in [2.45, 2.75) is 12.8 Å². The van der Waals surface area contributed by atoms with Gasteiger partial charge in [0.1, 0.15) is 5.82 Å². The number of carboxylic acid groups (broad SMARTS) is 1. The normalized spacial score (nSPS) is 14.5. The van der Waals surface area contributed by atoms with Crippen LogP contribution in [-0.4, -0.2) is 11.1 Å². The van der Waals surface area contributed by atoms with Crippen molar-refractivity contribution < 1.29 is 14.3 Å². The summed E-state index contributed by atoms with van der Waals surface area (Å²) in [6.07, 6.45) is 2.42. The Bertz CT molecular complexity index is 421. The SMILES string of the molecule is O=C(O)C1=Cc2cccc(F)c2CC1. The quantitative estimate of drug-likeness (QED) is 0.740. The molecule has 0 unspecified atom stereocenters. The van der Waals surface area contributed by atoms with Crippen LogP contribution in [0.2, 0.25) is 0 Å². The lowest BCUT2D eigenvalue weighted by molar-refractivity contribution is -0.132. The minimum absolute atomic E-state index is 0.247. The molecule has 0 atom stereocenters. The van der Waals surface area contributed by atoms with Crippen LogP contribution in [0.5, 0.6) is 0 Å². The van der Waals surface area contributed by atoms with E-state index < -0.39 is 5.97 Å². The first-order valence-electron chi connectivity index (χ1n) is 4.40. The predicted molar refractivity (Wildman–Crippen MR) is 50.3 cm³/mol. The molecule has 0 fully saturated rings. The summed E-state index contributed by atoms with van der Waals surface area (Å²) in [5.74, 6) is -1.16. The monoisotopic (exact) mass is 192 g/mol. The summed E-state index contributed by atoms with van der Waals surface area (Å²) in [6.45, 7) is 0. The molecule has 0 saturated carbocycles. The Labute approximate surface area is 80.7 Å². The van der Waals surface area contributed by atoms with Gasteiger partial charge in [-0.2, -0.15) is 0 Å². The van der Waals surface area contributed by atoms with Crippen LogP contribution in [0.3, 0.4) is 0 Å². The van der Waals surface area contributed by atoms with Crippen molar-refractivity contribution >= 4 is 12.0 Å². The molecule has 0 spiro atoms. The van der Waals surface area contributed by atoms with Crippen molar-refractivity contribution in [3.63, 3.8) is 0 Å². The van der Waals surface area contributed by atoms with Gasteiger partial charge in [0, 0.05) is 5.57 Å². The molecule has 0 aromatic heterocycles. The molecule has 1 aliphatic rings. The molecule has 1 N–H and O–H groups in total. The van der Waals surface area contributed by atoms with Gasteiger partial charge in [-0.1, -0.05) is 12.1 Å². The topological polar surface area (TPSA) is 37.3 Å². The van der Waals surface area contributed by atoms with E-state index in [1.54, 1.807) is 18.2 Å². The second-order valence-corrected chi connectivity index (χ2v) is 3.28. The Morgan fingerprint density at radius 3 is 2.86 bits per heavy atom. The van der Waals surface area contributed by atoms with Crippen molar-refractivity contribution in [2.75, 3.05) is 0 Å². The number of halogens is 1. The molecular weight excluding hydrogens is 183 g/mol. The fourth-order valence-corrected chi connectivity index (χ4v) is 1.66. The second kappa shape index (κ2) is 3.25. The minimum atomic E-state index is -0.917. The minimum Gasteiger partial charge on any atom is -0.478 e. The molecule has 0 radical (unpaired) electrons. The number of benzene rings is 1. The molecule has 2 rings (SSSR count). The third kappa shape index (κ3) is 1.41. The van der Waals surface area contributed by atoms with Gasteiger partial charge in [0.2, 0.25) is 0 Å². The summed E-state index contributed by atoms with van der Waals surface area (Å²) < 4.78 is 13.2. The fraction of sp³-hybridized carbons (Fsp3) is 0.182. The van der Waals surface area contributed by atoms with E-state index >= 15 is 0 Å². The van der Waals surface area contributed by atoms with Crippen LogP contribution in [0.4, 0.5) is 4.39 Å². The molecule has 0 heterocycles. The smallest absolute Gasteiger partial charge is 0.331 e. The Balaban J connectivity index is 2.50. The van der Waals surface area contributed by atoms with Gasteiger partial charge < -0.3 is 5.11 Å². The van der Waals surface area contributed by atoms with Crippen LogP contribution >= 0.6 is 0 Å². The van der Waals surface area contributed by atoms with E-state index in [1.807, 2.05) is 0 Å². The van der Waals surface area contributed by atoms with Crippen LogP contribution in [0, 0.1) is 5.82 Å². The second-order valence-electron chi connectivity index (χ2n) is 3.28. The number of rotatable bonds is 1. The van der Waals surface area contributed by atoms with Gasteiger partial charge in [-0.3, -0.25) is 0 Å². The Morgan fingerprint density at radius 1 is 1.36 bits per heavy atom. The molecular formula is C11H9FO2. The number of hydrogen-bond acceptors (Lipinski definition) is 1. The van der Waals surface area contributed by atoms with E-state index in [9.17, 15) is 9.18 Å². The van der Waals surface area contributed by atoms with Crippen LogP contribution in [0.25, 0.3) is 6.08 Å². The molecule has 3 heteroatoms. The highest BCUT2D eigenvalue weighted by Gasteiger charge is 2.17. The van der Waals surface area contributed by atoms with E-state index in [0.29, 0.717) is 29.5 Å². The highest BCUT2D eigenvalue weighted by Crippen LogP contribution is 2.25. The van der Waals surface area contributed by atoms with E-state index in [4.69, 9.17) is 5.11 Å². The molecule has 1 aliphatic carbocycles. The van der Waals surface area contributed by atoms with E-state index in [-0.39, 0.29) is 5.82 Å². The lowest BCUT2D eigenvalue weighted by Crippen LogP contribution is -2.08. The Kier molecular flexibility index (Phi) is 2.08. The van der Waals surface area contributed by atoms with Crippen molar-refractivity contribution in [3.05, 3.63) is 40.7 Å². The molecule has 1 aromatic rings. The lowest BCUT2D eigenvalue weighted by atomic mass is 9.92. The Morgan fingerprint density at radius 2 is 2.14 bits per heavy atom. The first kappa shape index (κ1) is 8.94. The maximum Gasteiger partial charge on any atom is 0.331 e. The van der Waals surface area contributed by atoms with Crippen LogP contribution in [-0.2, 0) is 11.2 Å². The average Bonchev–Trinajstić information content (AvgIpc) is 2.17. The standard InChI is InChI=1S/C11H9FO2/c12-10-3-1-2-7-6-8(11(13)14)4-5-9(7)10/h1-3,6H,4-5H2,(H,13,14). The summed E-state index contributed by atoms with van der Waals surface area (Å²) in [5.41, 5.74) is 1.66. The third-order valence-electron chi connectivity index (χ3n) is 2.40. The third-order valence-corrected chi connectivity index (χ3v) is 2.40. The summed E-state index contributed by atoms with van der Waals surface area (Å²) in [6, 6.07) is 4.73. The predicted octanol–water partition coefficient (Wildman–Crippen LogP) is 2.24. The summed E-state index contributed by atoms with van der Waals surface area (Å²) in [5, 5.41) is 8.77. The number of fused-ring (bicyclic) bond motifs is 1. The number of aliphatic carboxylic acids is 1. The molecule has 1 aromatic carbocycles. The molecule has 0 saturated heterocycles. The molecule has 0 amide bonds. The van der Waals surface area contributed by atoms with Gasteiger partial charge in [-0.05, 0) is 36.1 Å². The largest absolute Gasteiger partial charge is 0.478 e. The maximum absolute atomic E-state index is 13.2. The van der Waals surface area contributed by atoms with E-state index in [0.717, 1.165) is 0 Å². The molecule has 0 bridgehead atoms. The first-order chi connectivity index (χ1) is 6.68. The van der Waals surface area contributed by atoms with Crippen molar-refractivity contribution in [1.82, 2.24) is 0 Å². The zero-order valence-corrected chi connectivity index (χ0v) is 7.46. The molecule has 14 heavy (non-hydrogen) atoms. The van der Waals surface area contributed by atoms with E-state index in [2.05, 4.69) is 0 Å². The van der Waals surface area contributed by atoms with Crippen molar-refractivity contribution in [2.24, 2.45) is 0 Å². The molecule has 2 nitrogen and oxygen atoms in total. The van der Waals surface area contributed by atoms with E-state index in [1.165, 1.54) is 6.07 Å².